The van der Waals surface area contributed by atoms with Gasteiger partial charge in [-0.2, -0.15) is 0 Å². The van der Waals surface area contributed by atoms with Crippen LogP contribution in [0, 0.1) is 6.92 Å². The number of ether oxygens (including phenoxy) is 3. The molecule has 4 rings (SSSR count). The smallest absolute Gasteiger partial charge is 0.290 e. The highest BCUT2D eigenvalue weighted by atomic mass is 16.5. The highest BCUT2D eigenvalue weighted by molar-refractivity contribution is 5.96. The van der Waals surface area contributed by atoms with Crippen LogP contribution in [0.3, 0.4) is 0 Å². The zero-order valence-corrected chi connectivity index (χ0v) is 22.5. The van der Waals surface area contributed by atoms with Crippen LogP contribution < -0.4 is 19.5 Å². The van der Waals surface area contributed by atoms with Crippen molar-refractivity contribution in [1.29, 1.82) is 0 Å². The van der Waals surface area contributed by atoms with Crippen LogP contribution in [-0.4, -0.2) is 50.6 Å². The van der Waals surface area contributed by atoms with Crippen molar-refractivity contribution < 1.29 is 28.2 Å². The van der Waals surface area contributed by atoms with E-state index in [1.54, 1.807) is 29.2 Å². The van der Waals surface area contributed by atoms with E-state index in [2.05, 4.69) is 5.32 Å². The van der Waals surface area contributed by atoms with Crippen molar-refractivity contribution in [3.63, 3.8) is 0 Å². The van der Waals surface area contributed by atoms with E-state index in [0.717, 1.165) is 36.8 Å². The molecule has 0 radical (unpaired) electrons. The van der Waals surface area contributed by atoms with Crippen LogP contribution in [0.1, 0.15) is 59.0 Å². The Morgan fingerprint density at radius 3 is 2.26 bits per heavy atom. The first-order valence-electron chi connectivity index (χ1n) is 13.0. The van der Waals surface area contributed by atoms with E-state index in [4.69, 9.17) is 18.6 Å². The number of methoxy groups -OCH3 is 3. The second-order valence-corrected chi connectivity index (χ2v) is 9.50. The summed E-state index contributed by atoms with van der Waals surface area (Å²) >= 11 is 0. The zero-order chi connectivity index (χ0) is 27.1. The Kier molecular flexibility index (Phi) is 8.94. The van der Waals surface area contributed by atoms with E-state index in [9.17, 15) is 9.59 Å². The molecule has 1 N–H and O–H groups in total. The van der Waals surface area contributed by atoms with Gasteiger partial charge in [0.1, 0.15) is 6.04 Å². The summed E-state index contributed by atoms with van der Waals surface area (Å²) in [4.78, 5) is 29.4. The lowest BCUT2D eigenvalue weighted by molar-refractivity contribution is -0.126. The van der Waals surface area contributed by atoms with E-state index >= 15 is 0 Å². The SMILES string of the molecule is COc1cc([C@@H](C(=O)NC2CCCC2)N(CCc2ccccc2C)C(=O)c2ccco2)cc(OC)c1OC. The van der Waals surface area contributed by atoms with Crippen molar-refractivity contribution in [1.82, 2.24) is 10.2 Å². The summed E-state index contributed by atoms with van der Waals surface area (Å²) < 4.78 is 22.1. The summed E-state index contributed by atoms with van der Waals surface area (Å²) in [5.41, 5.74) is 2.78. The average Bonchev–Trinajstić information content (AvgIpc) is 3.65. The van der Waals surface area contributed by atoms with Gasteiger partial charge in [0.2, 0.25) is 11.7 Å². The van der Waals surface area contributed by atoms with Crippen LogP contribution in [0.25, 0.3) is 0 Å². The molecule has 38 heavy (non-hydrogen) atoms. The molecule has 0 saturated heterocycles. The molecule has 202 valence electrons. The van der Waals surface area contributed by atoms with Crippen LogP contribution in [0.5, 0.6) is 17.2 Å². The summed E-state index contributed by atoms with van der Waals surface area (Å²) in [6.07, 6.45) is 6.01. The van der Waals surface area contributed by atoms with Gasteiger partial charge in [0.25, 0.3) is 5.91 Å². The molecule has 1 aromatic heterocycles. The Labute approximate surface area is 223 Å². The fourth-order valence-electron chi connectivity index (χ4n) is 5.10. The van der Waals surface area contributed by atoms with Crippen molar-refractivity contribution in [2.24, 2.45) is 0 Å². The minimum atomic E-state index is -0.953. The van der Waals surface area contributed by atoms with Crippen LogP contribution in [0.15, 0.2) is 59.2 Å². The molecule has 1 saturated carbocycles. The van der Waals surface area contributed by atoms with E-state index in [0.29, 0.717) is 35.8 Å². The molecule has 0 aliphatic heterocycles. The normalized spacial score (nSPS) is 14.1. The molecule has 0 spiro atoms. The lowest BCUT2D eigenvalue weighted by Crippen LogP contribution is -2.46. The Morgan fingerprint density at radius 2 is 1.68 bits per heavy atom. The van der Waals surface area contributed by atoms with Gasteiger partial charge >= 0.3 is 0 Å². The average molecular weight is 521 g/mol. The molecular weight excluding hydrogens is 484 g/mol. The number of carbonyl (C=O) groups is 2. The van der Waals surface area contributed by atoms with Gasteiger partial charge in [0, 0.05) is 12.6 Å². The highest BCUT2D eigenvalue weighted by Crippen LogP contribution is 2.41. The van der Waals surface area contributed by atoms with E-state index in [-0.39, 0.29) is 23.6 Å². The number of amides is 2. The van der Waals surface area contributed by atoms with Crippen LogP contribution >= 0.6 is 0 Å². The summed E-state index contributed by atoms with van der Waals surface area (Å²) in [5.74, 6) is 0.771. The van der Waals surface area contributed by atoms with Crippen molar-refractivity contribution in [2.45, 2.75) is 51.1 Å². The lowest BCUT2D eigenvalue weighted by atomic mass is 9.99. The summed E-state index contributed by atoms with van der Waals surface area (Å²) in [5, 5.41) is 3.19. The summed E-state index contributed by atoms with van der Waals surface area (Å²) in [7, 11) is 4.58. The molecule has 2 amide bonds. The van der Waals surface area contributed by atoms with Crippen molar-refractivity contribution >= 4 is 11.8 Å². The molecule has 2 aromatic carbocycles. The van der Waals surface area contributed by atoms with Gasteiger partial charge in [0.05, 0.1) is 27.6 Å². The monoisotopic (exact) mass is 520 g/mol. The molecule has 1 atom stereocenters. The highest BCUT2D eigenvalue weighted by Gasteiger charge is 2.36. The largest absolute Gasteiger partial charge is 0.493 e. The molecule has 3 aromatic rings. The molecule has 1 aliphatic rings. The Hall–Kier alpha value is -3.94. The summed E-state index contributed by atoms with van der Waals surface area (Å²) in [6.45, 7) is 2.33. The first-order valence-corrected chi connectivity index (χ1v) is 13.0. The number of rotatable bonds is 11. The van der Waals surface area contributed by atoms with E-state index in [1.807, 2.05) is 31.2 Å². The number of carbonyl (C=O) groups excluding carboxylic acids is 2. The van der Waals surface area contributed by atoms with Gasteiger partial charge in [-0.3, -0.25) is 9.59 Å². The predicted octanol–water partition coefficient (Wildman–Crippen LogP) is 5.10. The topological polar surface area (TPSA) is 90.2 Å². The molecule has 8 nitrogen and oxygen atoms in total. The maximum absolute atomic E-state index is 14.0. The first-order chi connectivity index (χ1) is 18.5. The van der Waals surface area contributed by atoms with Crippen LogP contribution in [0.4, 0.5) is 0 Å². The number of hydrogen-bond donors (Lipinski definition) is 1. The van der Waals surface area contributed by atoms with Gasteiger partial charge in [-0.05, 0) is 67.1 Å². The maximum Gasteiger partial charge on any atom is 0.290 e. The second kappa shape index (κ2) is 12.5. The minimum Gasteiger partial charge on any atom is -0.493 e. The van der Waals surface area contributed by atoms with E-state index < -0.39 is 6.04 Å². The molecule has 1 fully saturated rings. The quantitative estimate of drug-likeness (QED) is 0.378. The number of benzene rings is 2. The molecule has 1 aliphatic carbocycles. The molecule has 8 heteroatoms. The Morgan fingerprint density at radius 1 is 1.00 bits per heavy atom. The second-order valence-electron chi connectivity index (χ2n) is 9.50. The van der Waals surface area contributed by atoms with Crippen LogP contribution in [0.2, 0.25) is 0 Å². The molecule has 0 unspecified atom stereocenters. The third kappa shape index (κ3) is 5.96. The standard InChI is InChI=1S/C30H36N2O6/c1-20-10-5-6-11-21(20)15-16-32(30(34)24-14-9-17-38-24)27(29(33)31-23-12-7-8-13-23)22-18-25(35-2)28(37-4)26(19-22)36-3/h5-6,9-11,14,17-19,23,27H,7-8,12-13,15-16H2,1-4H3,(H,31,33)/t27-/m0/s1. The first kappa shape index (κ1) is 27.1. The number of hydrogen-bond acceptors (Lipinski definition) is 6. The van der Waals surface area contributed by atoms with Gasteiger partial charge in [0.15, 0.2) is 17.3 Å². The molecule has 1 heterocycles. The number of nitrogens with one attached hydrogen (secondary N) is 1. The number of nitrogens with zero attached hydrogens (tertiary/aromatic N) is 1. The minimum absolute atomic E-state index is 0.0731. The maximum atomic E-state index is 14.0. The molecule has 0 bridgehead atoms. The van der Waals surface area contributed by atoms with Crippen molar-refractivity contribution in [3.8, 4) is 17.2 Å². The fraction of sp³-hybridized carbons (Fsp3) is 0.400. The molecular formula is C30H36N2O6. The van der Waals surface area contributed by atoms with Crippen molar-refractivity contribution in [3.05, 3.63) is 77.2 Å². The van der Waals surface area contributed by atoms with Gasteiger partial charge < -0.3 is 28.8 Å². The lowest BCUT2D eigenvalue weighted by Gasteiger charge is -2.32. The third-order valence-corrected chi connectivity index (χ3v) is 7.14. The van der Waals surface area contributed by atoms with Gasteiger partial charge in [-0.1, -0.05) is 37.1 Å². The number of furan rings is 1. The summed E-state index contributed by atoms with van der Waals surface area (Å²) in [6, 6.07) is 13.9. The predicted molar refractivity (Wildman–Crippen MR) is 144 cm³/mol. The Balaban J connectivity index is 1.80. The van der Waals surface area contributed by atoms with Crippen molar-refractivity contribution in [2.75, 3.05) is 27.9 Å². The van der Waals surface area contributed by atoms with Gasteiger partial charge in [-0.15, -0.1) is 0 Å². The zero-order valence-electron chi connectivity index (χ0n) is 22.5. The van der Waals surface area contributed by atoms with Gasteiger partial charge in [-0.25, -0.2) is 0 Å². The van der Waals surface area contributed by atoms with Crippen LogP contribution in [-0.2, 0) is 11.2 Å². The fourth-order valence-corrected chi connectivity index (χ4v) is 5.10. The Bertz CT molecular complexity index is 1210. The number of aryl methyl sites for hydroxylation is 1. The third-order valence-electron chi connectivity index (χ3n) is 7.14. The van der Waals surface area contributed by atoms with E-state index in [1.165, 1.54) is 27.6 Å².